The Hall–Kier alpha value is -0.860. The molecule has 0 heterocycles. The van der Waals surface area contributed by atoms with Gasteiger partial charge >= 0.3 is 0 Å². The fraction of sp³-hybridized carbons (Fsp3) is 0.625. The van der Waals surface area contributed by atoms with Gasteiger partial charge in [0, 0.05) is 18.1 Å². The van der Waals surface area contributed by atoms with Crippen LogP contribution in [0.15, 0.2) is 24.3 Å². The van der Waals surface area contributed by atoms with Crippen molar-refractivity contribution in [1.82, 2.24) is 5.32 Å². The number of rotatable bonds is 4. The molecule has 0 spiro atoms. The first kappa shape index (κ1) is 13.6. The summed E-state index contributed by atoms with van der Waals surface area (Å²) in [6.07, 6.45) is 5.89. The number of hydrogen-bond donors (Lipinski definition) is 2. The normalized spacial score (nSPS) is 25.9. The molecule has 1 unspecified atom stereocenters. The van der Waals surface area contributed by atoms with Crippen LogP contribution in [-0.2, 0) is 6.42 Å². The predicted molar refractivity (Wildman–Crippen MR) is 77.6 cm³/mol. The van der Waals surface area contributed by atoms with Crippen LogP contribution in [0.5, 0.6) is 0 Å². The van der Waals surface area contributed by atoms with Gasteiger partial charge in [0.2, 0.25) is 0 Å². The molecule has 100 valence electrons. The van der Waals surface area contributed by atoms with Crippen LogP contribution in [-0.4, -0.2) is 12.1 Å². The fourth-order valence-electron chi connectivity index (χ4n) is 2.78. The van der Waals surface area contributed by atoms with Crippen molar-refractivity contribution in [2.24, 2.45) is 5.73 Å². The molecule has 1 saturated carbocycles. The lowest BCUT2D eigenvalue weighted by Gasteiger charge is -2.29. The molecule has 0 saturated heterocycles. The highest BCUT2D eigenvalue weighted by molar-refractivity contribution is 5.24. The number of nitrogens with two attached hydrogens (primary N) is 1. The predicted octanol–water partition coefficient (Wildman–Crippen LogP) is 3.17. The van der Waals surface area contributed by atoms with Gasteiger partial charge in [0.15, 0.2) is 0 Å². The Morgan fingerprint density at radius 3 is 2.33 bits per heavy atom. The Labute approximate surface area is 111 Å². The van der Waals surface area contributed by atoms with E-state index in [1.165, 1.54) is 36.8 Å². The second-order valence-electron chi connectivity index (χ2n) is 5.60. The van der Waals surface area contributed by atoms with Gasteiger partial charge in [-0.15, -0.1) is 0 Å². The van der Waals surface area contributed by atoms with Crippen molar-refractivity contribution in [3.05, 3.63) is 35.4 Å². The van der Waals surface area contributed by atoms with Gasteiger partial charge in [0.25, 0.3) is 0 Å². The van der Waals surface area contributed by atoms with Crippen LogP contribution in [0.3, 0.4) is 0 Å². The zero-order valence-corrected chi connectivity index (χ0v) is 11.7. The minimum atomic E-state index is 0.433. The molecule has 1 aromatic carbocycles. The van der Waals surface area contributed by atoms with Crippen molar-refractivity contribution in [2.75, 3.05) is 0 Å². The van der Waals surface area contributed by atoms with Crippen molar-refractivity contribution < 1.29 is 0 Å². The first-order valence-corrected chi connectivity index (χ1v) is 7.29. The molecule has 1 aliphatic carbocycles. The quantitative estimate of drug-likeness (QED) is 0.856. The van der Waals surface area contributed by atoms with Crippen LogP contribution in [0.4, 0.5) is 0 Å². The molecular weight excluding hydrogens is 220 g/mol. The summed E-state index contributed by atoms with van der Waals surface area (Å²) < 4.78 is 0. The molecule has 0 radical (unpaired) electrons. The van der Waals surface area contributed by atoms with E-state index in [0.717, 1.165) is 6.42 Å². The smallest absolute Gasteiger partial charge is 0.0294 e. The Balaban J connectivity index is 1.88. The summed E-state index contributed by atoms with van der Waals surface area (Å²) in [5.41, 5.74) is 8.75. The maximum Gasteiger partial charge on any atom is 0.0294 e. The first-order valence-electron chi connectivity index (χ1n) is 7.29. The average molecular weight is 246 g/mol. The lowest BCUT2D eigenvalue weighted by Crippen LogP contribution is -2.38. The van der Waals surface area contributed by atoms with Crippen molar-refractivity contribution in [3.8, 4) is 0 Å². The third-order valence-corrected chi connectivity index (χ3v) is 4.15. The molecule has 1 aliphatic rings. The van der Waals surface area contributed by atoms with E-state index < -0.39 is 0 Å². The third kappa shape index (κ3) is 3.56. The van der Waals surface area contributed by atoms with Gasteiger partial charge in [0.05, 0.1) is 0 Å². The molecule has 1 atom stereocenters. The van der Waals surface area contributed by atoms with Crippen molar-refractivity contribution in [3.63, 3.8) is 0 Å². The Morgan fingerprint density at radius 1 is 1.17 bits per heavy atom. The Bertz CT molecular complexity index is 350. The van der Waals surface area contributed by atoms with Gasteiger partial charge < -0.3 is 11.1 Å². The fourth-order valence-corrected chi connectivity index (χ4v) is 2.78. The molecule has 1 fully saturated rings. The van der Waals surface area contributed by atoms with E-state index in [1.807, 2.05) is 0 Å². The summed E-state index contributed by atoms with van der Waals surface area (Å²) in [4.78, 5) is 0. The second-order valence-corrected chi connectivity index (χ2v) is 5.60. The number of benzene rings is 1. The zero-order valence-electron chi connectivity index (χ0n) is 11.7. The molecule has 2 rings (SSSR count). The summed E-state index contributed by atoms with van der Waals surface area (Å²) in [6.45, 7) is 4.46. The highest BCUT2D eigenvalue weighted by Crippen LogP contribution is 2.21. The van der Waals surface area contributed by atoms with Gasteiger partial charge in [-0.1, -0.05) is 31.2 Å². The zero-order chi connectivity index (χ0) is 13.0. The molecule has 0 bridgehead atoms. The third-order valence-electron chi connectivity index (χ3n) is 4.15. The van der Waals surface area contributed by atoms with E-state index in [2.05, 4.69) is 43.4 Å². The molecule has 0 aromatic heterocycles. The van der Waals surface area contributed by atoms with Crippen LogP contribution >= 0.6 is 0 Å². The largest absolute Gasteiger partial charge is 0.328 e. The lowest BCUT2D eigenvalue weighted by atomic mass is 9.91. The highest BCUT2D eigenvalue weighted by Gasteiger charge is 2.20. The van der Waals surface area contributed by atoms with E-state index in [0.29, 0.717) is 18.1 Å². The summed E-state index contributed by atoms with van der Waals surface area (Å²) in [5.74, 6) is 0. The summed E-state index contributed by atoms with van der Waals surface area (Å²) in [7, 11) is 0. The van der Waals surface area contributed by atoms with Gasteiger partial charge in [-0.05, 0) is 50.2 Å². The second kappa shape index (κ2) is 6.35. The molecule has 3 N–H and O–H groups in total. The number of nitrogens with one attached hydrogen (secondary N) is 1. The number of hydrogen-bond acceptors (Lipinski definition) is 2. The summed E-state index contributed by atoms with van der Waals surface area (Å²) in [5, 5.41) is 3.74. The van der Waals surface area contributed by atoms with Crippen molar-refractivity contribution in [1.29, 1.82) is 0 Å². The molecule has 18 heavy (non-hydrogen) atoms. The molecule has 0 amide bonds. The molecule has 2 nitrogen and oxygen atoms in total. The van der Waals surface area contributed by atoms with Crippen molar-refractivity contribution in [2.45, 2.75) is 64.1 Å². The molecule has 0 aliphatic heterocycles. The van der Waals surface area contributed by atoms with Crippen LogP contribution in [0.2, 0.25) is 0 Å². The van der Waals surface area contributed by atoms with Crippen LogP contribution in [0.25, 0.3) is 0 Å². The number of aryl methyl sites for hydroxylation is 1. The van der Waals surface area contributed by atoms with Gasteiger partial charge in [-0.2, -0.15) is 0 Å². The maximum atomic E-state index is 5.94. The first-order chi connectivity index (χ1) is 8.69. The summed E-state index contributed by atoms with van der Waals surface area (Å²) >= 11 is 0. The minimum absolute atomic E-state index is 0.433. The highest BCUT2D eigenvalue weighted by atomic mass is 14.9. The van der Waals surface area contributed by atoms with Gasteiger partial charge in [-0.3, -0.25) is 0 Å². The lowest BCUT2D eigenvalue weighted by molar-refractivity contribution is 0.322. The minimum Gasteiger partial charge on any atom is -0.328 e. The van der Waals surface area contributed by atoms with Gasteiger partial charge in [-0.25, -0.2) is 0 Å². The van der Waals surface area contributed by atoms with Crippen molar-refractivity contribution >= 4 is 0 Å². The molecule has 1 aromatic rings. The van der Waals surface area contributed by atoms with E-state index in [4.69, 9.17) is 5.73 Å². The maximum absolute atomic E-state index is 5.94. The van der Waals surface area contributed by atoms with E-state index >= 15 is 0 Å². The average Bonchev–Trinajstić information content (AvgIpc) is 2.41. The van der Waals surface area contributed by atoms with E-state index in [-0.39, 0.29) is 0 Å². The van der Waals surface area contributed by atoms with Crippen LogP contribution in [0, 0.1) is 0 Å². The van der Waals surface area contributed by atoms with E-state index in [9.17, 15) is 0 Å². The van der Waals surface area contributed by atoms with Crippen LogP contribution < -0.4 is 11.1 Å². The van der Waals surface area contributed by atoms with Crippen LogP contribution in [0.1, 0.15) is 56.7 Å². The Kier molecular flexibility index (Phi) is 4.79. The molecule has 2 heteroatoms. The summed E-state index contributed by atoms with van der Waals surface area (Å²) in [6, 6.07) is 10.5. The standard InChI is InChI=1S/C16H26N2/c1-3-13-4-6-14(7-5-13)12(2)18-16-10-8-15(17)9-11-16/h4-7,12,15-16,18H,3,8-11,17H2,1-2H3. The monoisotopic (exact) mass is 246 g/mol. The SMILES string of the molecule is CCc1ccc(C(C)NC2CCC(N)CC2)cc1. The van der Waals surface area contributed by atoms with Gasteiger partial charge in [0.1, 0.15) is 0 Å². The Morgan fingerprint density at radius 2 is 1.78 bits per heavy atom. The molecular formula is C16H26N2. The van der Waals surface area contributed by atoms with E-state index in [1.54, 1.807) is 0 Å². The topological polar surface area (TPSA) is 38.0 Å².